The fourth-order valence-corrected chi connectivity index (χ4v) is 2.74. The number of carbonyl (C=O) groups excluding carboxylic acids is 1. The van der Waals surface area contributed by atoms with Gasteiger partial charge in [0, 0.05) is 9.75 Å². The minimum atomic E-state index is -0.347. The summed E-state index contributed by atoms with van der Waals surface area (Å²) in [5, 5.41) is 12.0. The summed E-state index contributed by atoms with van der Waals surface area (Å²) >= 11 is 1.56. The molecule has 1 heterocycles. The Bertz CT molecular complexity index is 695. The highest BCUT2D eigenvalue weighted by molar-refractivity contribution is 7.12. The number of aryl methyl sites for hydroxylation is 1. The van der Waals surface area contributed by atoms with Gasteiger partial charge in [0.15, 0.2) is 0 Å². The van der Waals surface area contributed by atoms with Gasteiger partial charge in [-0.3, -0.25) is 4.79 Å². The van der Waals surface area contributed by atoms with E-state index in [0.717, 1.165) is 15.3 Å². The van der Waals surface area contributed by atoms with Gasteiger partial charge in [0.2, 0.25) is 0 Å². The lowest BCUT2D eigenvalue weighted by molar-refractivity contribution is -0.117. The SMILES string of the molecule is Cc1ccc(/C=C(\C#N)C(=O)N[C@@H](C)c2ccccc2)s1. The molecule has 0 unspecified atom stereocenters. The van der Waals surface area contributed by atoms with E-state index >= 15 is 0 Å². The molecule has 0 fully saturated rings. The second kappa shape index (κ2) is 6.87. The molecular formula is C17H16N2OS. The van der Waals surface area contributed by atoms with Crippen molar-refractivity contribution in [3.8, 4) is 6.07 Å². The Hall–Kier alpha value is -2.38. The molecule has 106 valence electrons. The van der Waals surface area contributed by atoms with Crippen molar-refractivity contribution in [1.82, 2.24) is 5.32 Å². The maximum Gasteiger partial charge on any atom is 0.262 e. The summed E-state index contributed by atoms with van der Waals surface area (Å²) in [6.45, 7) is 3.89. The lowest BCUT2D eigenvalue weighted by atomic mass is 10.1. The molecule has 1 aromatic carbocycles. The zero-order chi connectivity index (χ0) is 15.2. The van der Waals surface area contributed by atoms with Gasteiger partial charge >= 0.3 is 0 Å². The summed E-state index contributed by atoms with van der Waals surface area (Å²) in [4.78, 5) is 14.2. The standard InChI is InChI=1S/C17H16N2OS/c1-12-8-9-16(21-12)10-15(11-18)17(20)19-13(2)14-6-4-3-5-7-14/h3-10,13H,1-2H3,(H,19,20)/b15-10+/t13-/m0/s1. The second-order valence-electron chi connectivity index (χ2n) is 4.72. The fraction of sp³-hybridized carbons (Fsp3) is 0.176. The highest BCUT2D eigenvalue weighted by Gasteiger charge is 2.13. The molecule has 0 aliphatic carbocycles. The summed E-state index contributed by atoms with van der Waals surface area (Å²) in [6.07, 6.45) is 1.63. The molecule has 0 aliphatic rings. The molecule has 3 nitrogen and oxygen atoms in total. The van der Waals surface area contributed by atoms with Gasteiger partial charge in [0.1, 0.15) is 11.6 Å². The lowest BCUT2D eigenvalue weighted by Gasteiger charge is -2.13. The second-order valence-corrected chi connectivity index (χ2v) is 6.04. The van der Waals surface area contributed by atoms with Gasteiger partial charge in [-0.1, -0.05) is 30.3 Å². The molecule has 2 rings (SSSR count). The summed E-state index contributed by atoms with van der Waals surface area (Å²) in [5.41, 5.74) is 1.13. The van der Waals surface area contributed by atoms with Gasteiger partial charge in [-0.05, 0) is 37.6 Å². The van der Waals surface area contributed by atoms with Gasteiger partial charge in [-0.15, -0.1) is 11.3 Å². The van der Waals surface area contributed by atoms with E-state index < -0.39 is 0 Å². The summed E-state index contributed by atoms with van der Waals surface area (Å²) in [5.74, 6) is -0.347. The molecule has 0 bridgehead atoms. The van der Waals surface area contributed by atoms with Crippen molar-refractivity contribution in [2.45, 2.75) is 19.9 Å². The Morgan fingerprint density at radius 3 is 2.57 bits per heavy atom. The summed E-state index contributed by atoms with van der Waals surface area (Å²) < 4.78 is 0. The molecule has 0 radical (unpaired) electrons. The van der Waals surface area contributed by atoms with Crippen molar-refractivity contribution < 1.29 is 4.79 Å². The number of nitrogens with one attached hydrogen (secondary N) is 1. The minimum Gasteiger partial charge on any atom is -0.345 e. The first kappa shape index (κ1) is 15.0. The molecular weight excluding hydrogens is 280 g/mol. The van der Waals surface area contributed by atoms with Crippen molar-refractivity contribution >= 4 is 23.3 Å². The van der Waals surface area contributed by atoms with Crippen molar-refractivity contribution in [2.24, 2.45) is 0 Å². The van der Waals surface area contributed by atoms with Crippen molar-refractivity contribution in [3.05, 3.63) is 63.4 Å². The van der Waals surface area contributed by atoms with Gasteiger partial charge in [-0.25, -0.2) is 0 Å². The third-order valence-electron chi connectivity index (χ3n) is 3.06. The molecule has 0 aliphatic heterocycles. The van der Waals surface area contributed by atoms with Crippen LogP contribution in [0.2, 0.25) is 0 Å². The summed E-state index contributed by atoms with van der Waals surface area (Å²) in [6, 6.07) is 15.4. The predicted octanol–water partition coefficient (Wildman–Crippen LogP) is 3.84. The molecule has 0 saturated heterocycles. The van der Waals surface area contributed by atoms with E-state index in [4.69, 9.17) is 0 Å². The van der Waals surface area contributed by atoms with Crippen LogP contribution < -0.4 is 5.32 Å². The largest absolute Gasteiger partial charge is 0.345 e. The number of hydrogen-bond donors (Lipinski definition) is 1. The van der Waals surface area contributed by atoms with E-state index in [1.54, 1.807) is 17.4 Å². The topological polar surface area (TPSA) is 52.9 Å². The van der Waals surface area contributed by atoms with Crippen LogP contribution in [-0.2, 0) is 4.79 Å². The van der Waals surface area contributed by atoms with Crippen LogP contribution in [-0.4, -0.2) is 5.91 Å². The molecule has 21 heavy (non-hydrogen) atoms. The number of nitriles is 1. The number of amides is 1. The molecule has 1 aromatic heterocycles. The fourth-order valence-electron chi connectivity index (χ4n) is 1.92. The molecule has 2 aromatic rings. The summed E-state index contributed by atoms with van der Waals surface area (Å²) in [7, 11) is 0. The Morgan fingerprint density at radius 1 is 1.29 bits per heavy atom. The quantitative estimate of drug-likeness (QED) is 0.688. The van der Waals surface area contributed by atoms with Crippen molar-refractivity contribution in [3.63, 3.8) is 0 Å². The smallest absolute Gasteiger partial charge is 0.262 e. The van der Waals surface area contributed by atoms with Gasteiger partial charge in [0.05, 0.1) is 6.04 Å². The van der Waals surface area contributed by atoms with Gasteiger partial charge in [-0.2, -0.15) is 5.26 Å². The van der Waals surface area contributed by atoms with Crippen LogP contribution in [0.4, 0.5) is 0 Å². The van der Waals surface area contributed by atoms with Crippen LogP contribution in [0, 0.1) is 18.3 Å². The van der Waals surface area contributed by atoms with Crippen molar-refractivity contribution in [1.29, 1.82) is 5.26 Å². The average Bonchev–Trinajstić information content (AvgIpc) is 2.90. The van der Waals surface area contributed by atoms with Gasteiger partial charge in [0.25, 0.3) is 5.91 Å². The van der Waals surface area contributed by atoms with E-state index in [0.29, 0.717) is 0 Å². The molecule has 1 N–H and O–H groups in total. The molecule has 1 atom stereocenters. The van der Waals surface area contributed by atoms with Crippen LogP contribution in [0.15, 0.2) is 48.0 Å². The minimum absolute atomic E-state index is 0.125. The maximum absolute atomic E-state index is 12.2. The Kier molecular flexibility index (Phi) is 4.91. The predicted molar refractivity (Wildman–Crippen MR) is 85.6 cm³/mol. The third-order valence-corrected chi connectivity index (χ3v) is 4.01. The number of carbonyl (C=O) groups is 1. The van der Waals surface area contributed by atoms with E-state index in [9.17, 15) is 10.1 Å². The number of benzene rings is 1. The highest BCUT2D eigenvalue weighted by atomic mass is 32.1. The monoisotopic (exact) mass is 296 g/mol. The van der Waals surface area contributed by atoms with Gasteiger partial charge < -0.3 is 5.32 Å². The van der Waals surface area contributed by atoms with E-state index in [2.05, 4.69) is 5.32 Å². The van der Waals surface area contributed by atoms with Crippen LogP contribution in [0.5, 0.6) is 0 Å². The van der Waals surface area contributed by atoms with E-state index in [1.165, 1.54) is 0 Å². The zero-order valence-corrected chi connectivity index (χ0v) is 12.8. The number of nitrogens with zero attached hydrogens (tertiary/aromatic N) is 1. The third kappa shape index (κ3) is 4.04. The van der Waals surface area contributed by atoms with Crippen molar-refractivity contribution in [2.75, 3.05) is 0 Å². The average molecular weight is 296 g/mol. The molecule has 0 saturated carbocycles. The Balaban J connectivity index is 2.11. The Morgan fingerprint density at radius 2 is 2.00 bits per heavy atom. The lowest BCUT2D eigenvalue weighted by Crippen LogP contribution is -2.27. The van der Waals surface area contributed by atoms with Crippen LogP contribution in [0.25, 0.3) is 6.08 Å². The Labute approximate surface area is 128 Å². The first-order chi connectivity index (χ1) is 10.1. The first-order valence-corrected chi connectivity index (χ1v) is 7.46. The highest BCUT2D eigenvalue weighted by Crippen LogP contribution is 2.19. The molecule has 4 heteroatoms. The number of rotatable bonds is 4. The first-order valence-electron chi connectivity index (χ1n) is 6.64. The zero-order valence-electron chi connectivity index (χ0n) is 12.0. The van der Waals surface area contributed by atoms with Crippen LogP contribution in [0.1, 0.15) is 28.3 Å². The number of hydrogen-bond acceptors (Lipinski definition) is 3. The van der Waals surface area contributed by atoms with Crippen LogP contribution in [0.3, 0.4) is 0 Å². The van der Waals surface area contributed by atoms with E-state index in [1.807, 2.05) is 62.4 Å². The maximum atomic E-state index is 12.2. The molecule has 1 amide bonds. The molecule has 0 spiro atoms. The van der Waals surface area contributed by atoms with E-state index in [-0.39, 0.29) is 17.5 Å². The van der Waals surface area contributed by atoms with Crippen LogP contribution >= 0.6 is 11.3 Å². The normalized spacial score (nSPS) is 12.5. The number of thiophene rings is 1.